The van der Waals surface area contributed by atoms with E-state index in [0.29, 0.717) is 30.3 Å². The molecule has 1 aliphatic heterocycles. The Labute approximate surface area is 377 Å². The molecule has 4 aromatic rings. The number of nitro benzene ring substituents is 1. The zero-order valence-electron chi connectivity index (χ0n) is 35.2. The molecule has 0 spiro atoms. The molecule has 3 aromatic carbocycles. The molecule has 0 saturated carbocycles. The summed E-state index contributed by atoms with van der Waals surface area (Å²) in [5.74, 6) is -2.84. The number of ether oxygens (including phenoxy) is 2. The average molecular weight is 920 g/mol. The number of hydrogen-bond donors (Lipinski definition) is 2. The maximum atomic E-state index is 14.7. The number of thiazole rings is 1. The number of amides is 2. The van der Waals surface area contributed by atoms with E-state index in [9.17, 15) is 39.2 Å². The van der Waals surface area contributed by atoms with Crippen molar-refractivity contribution in [3.05, 3.63) is 102 Å². The summed E-state index contributed by atoms with van der Waals surface area (Å²) in [4.78, 5) is 80.8. The number of unbranched alkanes of at least 4 members (excludes halogenated alkanes) is 7. The van der Waals surface area contributed by atoms with Crippen molar-refractivity contribution in [3.63, 3.8) is 0 Å². The predicted molar refractivity (Wildman–Crippen MR) is 248 cm³/mol. The van der Waals surface area contributed by atoms with E-state index in [1.807, 2.05) is 43.3 Å². The van der Waals surface area contributed by atoms with Gasteiger partial charge in [-0.15, -0.1) is 11.3 Å². The molecular formula is C44H49N5O11S3. The van der Waals surface area contributed by atoms with Crippen molar-refractivity contribution in [2.24, 2.45) is 0 Å². The first kappa shape index (κ1) is 48.0. The molecule has 2 amide bonds. The molecule has 63 heavy (non-hydrogen) atoms. The number of aromatic nitrogens is 1. The molecule has 2 N–H and O–H groups in total. The lowest BCUT2D eigenvalue weighted by Crippen LogP contribution is -2.39. The van der Waals surface area contributed by atoms with Crippen LogP contribution >= 0.6 is 35.3 Å². The van der Waals surface area contributed by atoms with Gasteiger partial charge in [0.25, 0.3) is 23.1 Å². The van der Waals surface area contributed by atoms with E-state index in [-0.39, 0.29) is 49.1 Å². The summed E-state index contributed by atoms with van der Waals surface area (Å²) >= 11 is 7.58. The fourth-order valence-electron chi connectivity index (χ4n) is 6.65. The number of carboxylic acids is 2. The molecular weight excluding hydrogens is 871 g/mol. The van der Waals surface area contributed by atoms with Crippen LogP contribution in [0, 0.1) is 10.1 Å². The number of aliphatic carboxylic acids is 2. The van der Waals surface area contributed by atoms with Crippen LogP contribution in [0.4, 0.5) is 22.7 Å². The number of benzene rings is 3. The van der Waals surface area contributed by atoms with E-state index in [1.165, 1.54) is 50.8 Å². The lowest BCUT2D eigenvalue weighted by molar-refractivity contribution is -0.384. The minimum Gasteiger partial charge on any atom is -0.490 e. The van der Waals surface area contributed by atoms with Crippen LogP contribution in [0.1, 0.15) is 70.3 Å². The highest BCUT2D eigenvalue weighted by Gasteiger charge is 2.33. The van der Waals surface area contributed by atoms with Gasteiger partial charge in [-0.2, -0.15) is 0 Å². The number of hydrogen-bond acceptors (Lipinski definition) is 13. The highest BCUT2D eigenvalue weighted by Crippen LogP contribution is 2.36. The Morgan fingerprint density at radius 1 is 0.825 bits per heavy atom. The van der Waals surface area contributed by atoms with Gasteiger partial charge in [0.2, 0.25) is 0 Å². The zero-order valence-corrected chi connectivity index (χ0v) is 37.6. The molecule has 5 rings (SSSR count). The standard InChI is InChI=1S/C44H49N5O11S3/c1-4-46-42(56)40(63-44(46)61)43-47(41(55)36(62-43)25-29-14-16-30(17-15-29)45(2)3)27-37(50)48(31-18-20-32(21-19-31)49(57)58)33-22-23-34(35(26-33)60-28-39(53)54)59-24-12-10-8-6-5-7-9-11-13-38(51)52/h14-23,25-26H,4-13,24,27-28H2,1-3H3,(H,51,52)(H,53,54)/b36-25-,43-40+. The number of nitro groups is 1. The van der Waals surface area contributed by atoms with Crippen molar-refractivity contribution in [1.82, 2.24) is 9.47 Å². The summed E-state index contributed by atoms with van der Waals surface area (Å²) in [7, 11) is 3.82. The summed E-state index contributed by atoms with van der Waals surface area (Å²) in [6, 6.07) is 17.3. The molecule has 0 radical (unpaired) electrons. The highest BCUT2D eigenvalue weighted by atomic mass is 32.2. The van der Waals surface area contributed by atoms with Gasteiger partial charge in [0.1, 0.15) is 20.4 Å². The van der Waals surface area contributed by atoms with Crippen molar-refractivity contribution in [1.29, 1.82) is 0 Å². The fraction of sp³-hybridized carbons (Fsp3) is 0.364. The number of nitrogens with zero attached hydrogens (tertiary/aromatic N) is 5. The second kappa shape index (κ2) is 22.9. The largest absolute Gasteiger partial charge is 0.490 e. The van der Waals surface area contributed by atoms with Crippen LogP contribution in [0.25, 0.3) is 11.0 Å². The van der Waals surface area contributed by atoms with Crippen LogP contribution in [-0.4, -0.2) is 86.5 Å². The van der Waals surface area contributed by atoms with Gasteiger partial charge >= 0.3 is 11.9 Å². The number of carbonyl (C=O) groups is 4. The van der Waals surface area contributed by atoms with Gasteiger partial charge in [-0.05, 0) is 67.8 Å². The minimum absolute atomic E-state index is 0.0261. The van der Waals surface area contributed by atoms with Gasteiger partial charge in [-0.25, -0.2) is 4.79 Å². The highest BCUT2D eigenvalue weighted by molar-refractivity contribution is 8.30. The average Bonchev–Trinajstić information content (AvgIpc) is 3.71. The molecule has 1 aliphatic rings. The zero-order chi connectivity index (χ0) is 45.6. The van der Waals surface area contributed by atoms with Crippen LogP contribution in [0.5, 0.6) is 11.5 Å². The van der Waals surface area contributed by atoms with Gasteiger partial charge < -0.3 is 24.6 Å². The molecule has 0 unspecified atom stereocenters. The van der Waals surface area contributed by atoms with Crippen molar-refractivity contribution in [2.75, 3.05) is 43.7 Å². The summed E-state index contributed by atoms with van der Waals surface area (Å²) < 4.78 is 13.7. The maximum Gasteiger partial charge on any atom is 0.341 e. The molecule has 1 fully saturated rings. The van der Waals surface area contributed by atoms with E-state index < -0.39 is 47.4 Å². The van der Waals surface area contributed by atoms with Crippen molar-refractivity contribution >= 4 is 97.1 Å². The molecule has 19 heteroatoms. The first-order chi connectivity index (χ1) is 30.2. The maximum absolute atomic E-state index is 14.7. The molecule has 16 nitrogen and oxygen atoms in total. The van der Waals surface area contributed by atoms with Crippen molar-refractivity contribution < 1.29 is 43.8 Å². The second-order valence-corrected chi connectivity index (χ2v) is 17.4. The van der Waals surface area contributed by atoms with Gasteiger partial charge in [-0.1, -0.05) is 74.6 Å². The molecule has 2 heterocycles. The second-order valence-electron chi connectivity index (χ2n) is 14.7. The smallest absolute Gasteiger partial charge is 0.341 e. The number of thiocarbonyl (C=S) groups is 1. The van der Waals surface area contributed by atoms with E-state index in [0.717, 1.165) is 72.9 Å². The number of anilines is 3. The number of thioether (sulfide) groups is 1. The third-order valence-corrected chi connectivity index (χ3v) is 12.6. The van der Waals surface area contributed by atoms with Gasteiger partial charge in [0.05, 0.1) is 21.7 Å². The van der Waals surface area contributed by atoms with E-state index in [4.69, 9.17) is 26.8 Å². The molecule has 1 saturated heterocycles. The van der Waals surface area contributed by atoms with Crippen molar-refractivity contribution in [2.45, 2.75) is 71.3 Å². The SMILES string of the molecule is CCN1C(=O)/C(=c2\s/c(=C\c3ccc(N(C)C)cc3)c(=O)n2CC(=O)N(c2ccc([N+](=O)[O-])cc2)c2ccc(OCCCCCCCCCCC(=O)O)c(OCC(=O)O)c2)SC1=S. The van der Waals surface area contributed by atoms with Crippen LogP contribution < -0.4 is 34.0 Å². The lowest BCUT2D eigenvalue weighted by atomic mass is 10.1. The Hall–Kier alpha value is -6.05. The van der Waals surface area contributed by atoms with Gasteiger partial charge in [0, 0.05) is 56.6 Å². The first-order valence-corrected chi connectivity index (χ1v) is 22.4. The van der Waals surface area contributed by atoms with E-state index >= 15 is 0 Å². The molecule has 0 atom stereocenters. The fourth-order valence-corrected chi connectivity index (χ4v) is 9.29. The summed E-state index contributed by atoms with van der Waals surface area (Å²) in [6.45, 7) is 1.09. The third-order valence-electron chi connectivity index (χ3n) is 9.92. The Bertz CT molecular complexity index is 2500. The van der Waals surface area contributed by atoms with Gasteiger partial charge in [-0.3, -0.25) is 43.7 Å². The van der Waals surface area contributed by atoms with Crippen molar-refractivity contribution in [3.8, 4) is 11.5 Å². The molecule has 0 bridgehead atoms. The Morgan fingerprint density at radius 2 is 1.44 bits per heavy atom. The van der Waals surface area contributed by atoms with E-state index in [2.05, 4.69) is 0 Å². The van der Waals surface area contributed by atoms with Crippen LogP contribution in [-0.2, 0) is 25.7 Å². The number of carboxylic acid groups (broad SMARTS) is 2. The first-order valence-electron chi connectivity index (χ1n) is 20.4. The minimum atomic E-state index is -1.25. The number of non-ortho nitro benzene ring substituents is 1. The monoisotopic (exact) mass is 919 g/mol. The van der Waals surface area contributed by atoms with Gasteiger partial charge in [0.15, 0.2) is 18.1 Å². The van der Waals surface area contributed by atoms with E-state index in [1.54, 1.807) is 19.1 Å². The van der Waals surface area contributed by atoms with Crippen LogP contribution in [0.3, 0.4) is 0 Å². The predicted octanol–water partition coefficient (Wildman–Crippen LogP) is 6.50. The van der Waals surface area contributed by atoms with Crippen LogP contribution in [0.15, 0.2) is 71.5 Å². The number of carbonyl (C=O) groups excluding carboxylic acids is 2. The Kier molecular flexibility index (Phi) is 17.4. The topological polar surface area (TPSA) is 202 Å². The summed E-state index contributed by atoms with van der Waals surface area (Å²) in [5, 5.41) is 29.9. The molecule has 0 aliphatic carbocycles. The normalized spacial score (nSPS) is 13.6. The quantitative estimate of drug-likeness (QED) is 0.0353. The molecule has 1 aromatic heterocycles. The summed E-state index contributed by atoms with van der Waals surface area (Å²) in [5.41, 5.74) is 1.29. The third kappa shape index (κ3) is 13.0. The molecule has 334 valence electrons. The Balaban J connectivity index is 1.48. The lowest BCUT2D eigenvalue weighted by Gasteiger charge is -2.24. The van der Waals surface area contributed by atoms with Crippen LogP contribution in [0.2, 0.25) is 0 Å². The number of rotatable bonds is 23. The summed E-state index contributed by atoms with van der Waals surface area (Å²) in [6.07, 6.45) is 8.94. The Morgan fingerprint density at radius 3 is 2.03 bits per heavy atom.